The fourth-order valence-electron chi connectivity index (χ4n) is 2.36. The number of nitrogens with one attached hydrogen (secondary N) is 1. The molecule has 0 radical (unpaired) electrons. The molecule has 0 spiro atoms. The van der Waals surface area contributed by atoms with Crippen molar-refractivity contribution in [2.24, 2.45) is 0 Å². The molecule has 7 heteroatoms. The smallest absolute Gasteiger partial charge is 0.207 e. The molecule has 0 amide bonds. The van der Waals surface area contributed by atoms with E-state index in [0.717, 1.165) is 14.7 Å². The largest absolute Gasteiger partial charge is 0.391 e. The average Bonchev–Trinajstić information content (AvgIpc) is 2.50. The molecular weight excluding hydrogens is 460 g/mol. The van der Waals surface area contributed by atoms with Crippen molar-refractivity contribution in [1.82, 2.24) is 5.32 Å². The Hall–Kier alpha value is -0.430. The van der Waals surface area contributed by atoms with Crippen molar-refractivity contribution >= 4 is 41.6 Å². The summed E-state index contributed by atoms with van der Waals surface area (Å²) >= 11 is 8.23. The minimum absolute atomic E-state index is 0.0810. The van der Waals surface area contributed by atoms with Gasteiger partial charge in [-0.15, -0.1) is 0 Å². The molecule has 1 unspecified atom stereocenters. The quantitative estimate of drug-likeness (QED) is 0.397. The molecule has 0 aromatic heterocycles. The van der Waals surface area contributed by atoms with Gasteiger partial charge in [0, 0.05) is 22.8 Å². The third-order valence-electron chi connectivity index (χ3n) is 3.46. The Bertz CT molecular complexity index is 714. The molecule has 2 aromatic rings. The van der Waals surface area contributed by atoms with Crippen LogP contribution in [0.4, 0.5) is 0 Å². The van der Waals surface area contributed by atoms with E-state index in [0.29, 0.717) is 11.6 Å². The Morgan fingerprint density at radius 2 is 1.88 bits per heavy atom. The summed E-state index contributed by atoms with van der Waals surface area (Å²) in [4.78, 5) is 10.1. The number of halogens is 2. The molecule has 2 rings (SSSR count). The fourth-order valence-corrected chi connectivity index (χ4v) is 4.60. The Kier molecular flexibility index (Phi) is 7.72. The Morgan fingerprint density at radius 3 is 2.54 bits per heavy atom. The Labute approximate surface area is 160 Å². The van der Waals surface area contributed by atoms with Crippen LogP contribution in [0.3, 0.4) is 0 Å². The molecule has 0 fully saturated rings. The lowest BCUT2D eigenvalue weighted by molar-refractivity contribution is 0.190. The van der Waals surface area contributed by atoms with Crippen LogP contribution in [0.25, 0.3) is 0 Å². The van der Waals surface area contributed by atoms with E-state index in [1.54, 1.807) is 0 Å². The van der Waals surface area contributed by atoms with Gasteiger partial charge >= 0.3 is 0 Å². The van der Waals surface area contributed by atoms with Gasteiger partial charge in [-0.3, -0.25) is 4.57 Å². The minimum Gasteiger partial charge on any atom is -0.391 e. The summed E-state index contributed by atoms with van der Waals surface area (Å²) in [6.07, 6.45) is -0.913. The summed E-state index contributed by atoms with van der Waals surface area (Å²) in [6.45, 7) is 0.797. The predicted octanol–water partition coefficient (Wildman–Crippen LogP) is 3.87. The lowest BCUT2D eigenvalue weighted by atomic mass is 10.2. The molecule has 2 atom stereocenters. The number of aliphatic hydroxyl groups is 1. The highest BCUT2D eigenvalue weighted by atomic mass is 127. The van der Waals surface area contributed by atoms with Crippen LogP contribution < -0.4 is 5.32 Å². The van der Waals surface area contributed by atoms with E-state index >= 15 is 0 Å². The first-order valence-electron chi connectivity index (χ1n) is 7.53. The third-order valence-corrected chi connectivity index (χ3v) is 6.89. The predicted molar refractivity (Wildman–Crippen MR) is 107 cm³/mol. The first kappa shape index (κ1) is 19.9. The monoisotopic (exact) mass is 479 g/mol. The summed E-state index contributed by atoms with van der Waals surface area (Å²) < 4.78 is 13.2. The highest BCUT2D eigenvalue weighted by Gasteiger charge is 2.23. The molecule has 2 aromatic carbocycles. The molecule has 0 saturated carbocycles. The van der Waals surface area contributed by atoms with Crippen LogP contribution in [0, 0.1) is 3.57 Å². The molecule has 24 heavy (non-hydrogen) atoms. The number of rotatable bonds is 8. The van der Waals surface area contributed by atoms with Crippen molar-refractivity contribution in [3.8, 4) is 0 Å². The summed E-state index contributed by atoms with van der Waals surface area (Å²) in [5.41, 5.74) is 1.81. The van der Waals surface area contributed by atoms with Crippen molar-refractivity contribution in [2.75, 3.05) is 12.7 Å². The van der Waals surface area contributed by atoms with Gasteiger partial charge in [-0.2, -0.15) is 0 Å². The van der Waals surface area contributed by atoms with Gasteiger partial charge in [-0.05, 0) is 45.9 Å². The van der Waals surface area contributed by atoms with Crippen molar-refractivity contribution in [1.29, 1.82) is 0 Å². The maximum absolute atomic E-state index is 12.3. The van der Waals surface area contributed by atoms with Crippen molar-refractivity contribution in [2.45, 2.75) is 18.8 Å². The molecule has 0 heterocycles. The lowest BCUT2D eigenvalue weighted by Gasteiger charge is -2.17. The number of aliphatic hydroxyl groups excluding tert-OH is 1. The molecule has 0 saturated heterocycles. The Morgan fingerprint density at radius 1 is 1.17 bits per heavy atom. The van der Waals surface area contributed by atoms with Gasteiger partial charge in [0.2, 0.25) is 7.37 Å². The van der Waals surface area contributed by atoms with E-state index in [4.69, 9.17) is 11.6 Å². The highest BCUT2D eigenvalue weighted by molar-refractivity contribution is 14.1. The first-order chi connectivity index (χ1) is 11.4. The van der Waals surface area contributed by atoms with Crippen molar-refractivity contribution in [3.05, 3.63) is 68.3 Å². The SMILES string of the molecule is O=P(O)(Cc1ccccc1)C[C@@H](O)CNCc1ccc(I)c(Cl)c1. The van der Waals surface area contributed by atoms with Crippen LogP contribution in [0.2, 0.25) is 5.02 Å². The zero-order valence-corrected chi connectivity index (χ0v) is 16.8. The molecule has 0 aliphatic heterocycles. The Balaban J connectivity index is 1.78. The zero-order valence-electron chi connectivity index (χ0n) is 13.0. The number of hydrogen-bond acceptors (Lipinski definition) is 3. The normalized spacial score (nSPS) is 15.0. The van der Waals surface area contributed by atoms with Crippen LogP contribution in [0.15, 0.2) is 48.5 Å². The first-order valence-corrected chi connectivity index (χ1v) is 11.0. The van der Waals surface area contributed by atoms with Gasteiger partial charge in [0.15, 0.2) is 0 Å². The van der Waals surface area contributed by atoms with Gasteiger partial charge in [-0.25, -0.2) is 0 Å². The van der Waals surface area contributed by atoms with Crippen LogP contribution in [0.1, 0.15) is 11.1 Å². The van der Waals surface area contributed by atoms with Crippen LogP contribution in [-0.2, 0) is 17.3 Å². The molecule has 3 N–H and O–H groups in total. The standard InChI is InChI=1S/C17H20ClINO3P/c18-16-8-14(6-7-17(16)19)9-20-10-15(21)12-24(22,23)11-13-4-2-1-3-5-13/h1-8,15,20-21H,9-12H2,(H,22,23)/t15-/m0/s1. The second-order valence-electron chi connectivity index (χ2n) is 5.71. The molecule has 4 nitrogen and oxygen atoms in total. The second-order valence-corrected chi connectivity index (χ2v) is 9.65. The van der Waals surface area contributed by atoms with Gasteiger partial charge in [0.05, 0.1) is 17.3 Å². The summed E-state index contributed by atoms with van der Waals surface area (Å²) in [5.74, 6) is 0. The van der Waals surface area contributed by atoms with Crippen molar-refractivity contribution in [3.63, 3.8) is 0 Å². The van der Waals surface area contributed by atoms with Gasteiger partial charge < -0.3 is 15.3 Å². The minimum atomic E-state index is -3.41. The van der Waals surface area contributed by atoms with E-state index in [9.17, 15) is 14.6 Å². The van der Waals surface area contributed by atoms with Gasteiger partial charge in [0.25, 0.3) is 0 Å². The number of benzene rings is 2. The van der Waals surface area contributed by atoms with E-state index in [-0.39, 0.29) is 18.9 Å². The fraction of sp³-hybridized carbons (Fsp3) is 0.294. The maximum Gasteiger partial charge on any atom is 0.207 e. The number of hydrogen-bond donors (Lipinski definition) is 3. The zero-order chi connectivity index (χ0) is 17.6. The van der Waals surface area contributed by atoms with E-state index < -0.39 is 13.5 Å². The van der Waals surface area contributed by atoms with Crippen LogP contribution in [0.5, 0.6) is 0 Å². The highest BCUT2D eigenvalue weighted by Crippen LogP contribution is 2.44. The maximum atomic E-state index is 12.3. The average molecular weight is 480 g/mol. The third kappa shape index (κ3) is 6.82. The van der Waals surface area contributed by atoms with Gasteiger partial charge in [0.1, 0.15) is 0 Å². The van der Waals surface area contributed by atoms with Crippen molar-refractivity contribution < 1.29 is 14.6 Å². The van der Waals surface area contributed by atoms with E-state index in [1.165, 1.54) is 0 Å². The molecule has 0 bridgehead atoms. The van der Waals surface area contributed by atoms with Crippen LogP contribution in [-0.4, -0.2) is 28.8 Å². The molecule has 130 valence electrons. The summed E-state index contributed by atoms with van der Waals surface area (Å²) in [6, 6.07) is 14.9. The van der Waals surface area contributed by atoms with Gasteiger partial charge in [-0.1, -0.05) is 48.0 Å². The molecule has 0 aliphatic rings. The summed E-state index contributed by atoms with van der Waals surface area (Å²) in [5, 5.41) is 13.8. The van der Waals surface area contributed by atoms with E-state index in [2.05, 4.69) is 27.9 Å². The second kappa shape index (κ2) is 9.32. The van der Waals surface area contributed by atoms with E-state index in [1.807, 2.05) is 48.5 Å². The van der Waals surface area contributed by atoms with Crippen LogP contribution >= 0.6 is 41.6 Å². The lowest BCUT2D eigenvalue weighted by Crippen LogP contribution is -2.29. The summed E-state index contributed by atoms with van der Waals surface area (Å²) in [7, 11) is -3.41. The topological polar surface area (TPSA) is 69.6 Å². The molecular formula is C17H20ClINO3P. The molecule has 0 aliphatic carbocycles.